The van der Waals surface area contributed by atoms with Gasteiger partial charge in [-0.3, -0.25) is 0 Å². The molecule has 1 aliphatic heterocycles. The van der Waals surface area contributed by atoms with Gasteiger partial charge in [0.1, 0.15) is 10.6 Å². The molecule has 0 fully saturated rings. The Morgan fingerprint density at radius 1 is 1.16 bits per heavy atom. The van der Waals surface area contributed by atoms with Crippen molar-refractivity contribution >= 4 is 72.9 Å². The summed E-state index contributed by atoms with van der Waals surface area (Å²) in [6.45, 7) is 0. The van der Waals surface area contributed by atoms with Gasteiger partial charge in [-0.1, -0.05) is 51.8 Å². The van der Waals surface area contributed by atoms with E-state index >= 15 is 0 Å². The van der Waals surface area contributed by atoms with Crippen molar-refractivity contribution in [2.75, 3.05) is 0 Å². The quantitative estimate of drug-likeness (QED) is 0.172. The molecule has 6 nitrogen and oxygen atoms in total. The highest BCUT2D eigenvalue weighted by molar-refractivity contribution is 9.10. The summed E-state index contributed by atoms with van der Waals surface area (Å²) < 4.78 is 17.8. The molecule has 0 saturated heterocycles. The number of carbonyl (C=O) groups excluding carboxylic acids is 2. The van der Waals surface area contributed by atoms with Crippen molar-refractivity contribution in [3.8, 4) is 5.75 Å². The zero-order chi connectivity index (χ0) is 22.2. The Hall–Kier alpha value is -3.20. The Labute approximate surface area is 198 Å². The molecule has 0 aliphatic carbocycles. The van der Waals surface area contributed by atoms with Gasteiger partial charge in [0.05, 0.1) is 11.3 Å². The van der Waals surface area contributed by atoms with Crippen LogP contribution in [0.4, 0.5) is 0 Å². The molecule has 4 aromatic rings. The van der Waals surface area contributed by atoms with Crippen LogP contribution >= 0.6 is 38.9 Å². The van der Waals surface area contributed by atoms with Crippen molar-refractivity contribution in [3.63, 3.8) is 0 Å². The minimum absolute atomic E-state index is 0.0599. The lowest BCUT2D eigenvalue weighted by Gasteiger charge is -2.07. The highest BCUT2D eigenvalue weighted by atomic mass is 79.9. The van der Waals surface area contributed by atoms with Gasteiger partial charge in [-0.25, -0.2) is 14.6 Å². The number of aliphatic imine (C=N–C) groups is 1. The zero-order valence-electron chi connectivity index (χ0n) is 16.0. The average molecular weight is 529 g/mol. The number of ether oxygens (including phenoxy) is 2. The number of fused-ring (bicyclic) bond motifs is 1. The van der Waals surface area contributed by atoms with Gasteiger partial charge < -0.3 is 13.9 Å². The van der Waals surface area contributed by atoms with Crippen LogP contribution in [-0.2, 0) is 9.53 Å². The molecule has 0 N–H and O–H groups in total. The molecule has 0 saturated carbocycles. The van der Waals surface area contributed by atoms with E-state index in [4.69, 9.17) is 25.5 Å². The van der Waals surface area contributed by atoms with Crippen LogP contribution in [0.15, 0.2) is 80.4 Å². The Morgan fingerprint density at radius 3 is 2.81 bits per heavy atom. The number of para-hydroxylation sites is 1. The number of hydrogen-bond acceptors (Lipinski definition) is 7. The maximum Gasteiger partial charge on any atom is 0.363 e. The van der Waals surface area contributed by atoms with E-state index in [1.807, 2.05) is 18.2 Å². The number of hydrogen-bond donors (Lipinski definition) is 0. The number of furan rings is 1. The van der Waals surface area contributed by atoms with E-state index in [-0.39, 0.29) is 17.3 Å². The first-order valence-corrected chi connectivity index (χ1v) is 11.2. The molecule has 1 aliphatic rings. The van der Waals surface area contributed by atoms with Crippen LogP contribution in [-0.4, -0.2) is 17.8 Å². The van der Waals surface area contributed by atoms with Gasteiger partial charge in [-0.05, 0) is 36.4 Å². The lowest BCUT2D eigenvalue weighted by molar-refractivity contribution is -0.130. The van der Waals surface area contributed by atoms with Gasteiger partial charge in [-0.2, -0.15) is 0 Å². The molecule has 9 heteroatoms. The number of rotatable bonds is 4. The summed E-state index contributed by atoms with van der Waals surface area (Å²) in [5, 5.41) is 1.11. The van der Waals surface area contributed by atoms with Crippen LogP contribution in [0, 0.1) is 0 Å². The first kappa shape index (κ1) is 20.7. The molecule has 5 rings (SSSR count). The lowest BCUT2D eigenvalue weighted by Crippen LogP contribution is -2.08. The molecule has 158 valence electrons. The molecule has 0 spiro atoms. The molecule has 32 heavy (non-hydrogen) atoms. The molecule has 2 aromatic heterocycles. The van der Waals surface area contributed by atoms with Crippen molar-refractivity contribution in [2.45, 2.75) is 0 Å². The van der Waals surface area contributed by atoms with Crippen molar-refractivity contribution in [1.82, 2.24) is 0 Å². The highest BCUT2D eigenvalue weighted by Gasteiger charge is 2.26. The number of benzene rings is 2. The van der Waals surface area contributed by atoms with E-state index in [9.17, 15) is 9.59 Å². The average Bonchev–Trinajstić information content (AvgIpc) is 3.50. The molecule has 0 bridgehead atoms. The Balaban J connectivity index is 1.46. The highest BCUT2D eigenvalue weighted by Crippen LogP contribution is 2.37. The van der Waals surface area contributed by atoms with Gasteiger partial charge in [0.15, 0.2) is 11.5 Å². The summed E-state index contributed by atoms with van der Waals surface area (Å²) >= 11 is 11.1. The number of esters is 2. The summed E-state index contributed by atoms with van der Waals surface area (Å²) in [4.78, 5) is 29.6. The Morgan fingerprint density at radius 2 is 2.00 bits per heavy atom. The van der Waals surface area contributed by atoms with Crippen LogP contribution in [0.25, 0.3) is 16.2 Å². The third-order valence-corrected chi connectivity index (χ3v) is 6.67. The van der Waals surface area contributed by atoms with Gasteiger partial charge in [0, 0.05) is 20.1 Å². The monoisotopic (exact) mass is 527 g/mol. The van der Waals surface area contributed by atoms with E-state index in [2.05, 4.69) is 20.9 Å². The number of halogens is 2. The summed E-state index contributed by atoms with van der Waals surface area (Å²) in [6.07, 6.45) is 2.95. The van der Waals surface area contributed by atoms with E-state index < -0.39 is 11.9 Å². The standard InChI is InChI=1S/C23H11BrClNO5S/c24-13-7-8-14-18(11-13)32-20(19(14)25)23(28)30-16-5-2-1-4-12(16)10-15-22(27)31-21(26-15)17-6-3-9-29-17/h1-11H/b15-10+. The molecule has 0 atom stereocenters. The van der Waals surface area contributed by atoms with Crippen molar-refractivity contribution in [2.24, 2.45) is 4.99 Å². The largest absolute Gasteiger partial charge is 0.459 e. The third kappa shape index (κ3) is 3.88. The predicted octanol–water partition coefficient (Wildman–Crippen LogP) is 6.47. The normalized spacial score (nSPS) is 14.6. The molecular formula is C23H11BrClNO5S. The molecule has 2 aromatic carbocycles. The number of nitrogens with zero attached hydrogens (tertiary/aromatic N) is 1. The van der Waals surface area contributed by atoms with Crippen molar-refractivity contribution in [3.05, 3.63) is 92.3 Å². The minimum Gasteiger partial charge on any atom is -0.459 e. The minimum atomic E-state index is -0.629. The first-order valence-electron chi connectivity index (χ1n) is 9.25. The second-order valence-corrected chi connectivity index (χ2v) is 8.97. The fraction of sp³-hybridized carbons (Fsp3) is 0. The van der Waals surface area contributed by atoms with Crippen LogP contribution in [0.5, 0.6) is 5.75 Å². The van der Waals surface area contributed by atoms with Gasteiger partial charge in [0.25, 0.3) is 5.90 Å². The molecular weight excluding hydrogens is 518 g/mol. The summed E-state index contributed by atoms with van der Waals surface area (Å²) in [6, 6.07) is 15.7. The number of carbonyl (C=O) groups is 2. The number of thiophene rings is 1. The fourth-order valence-electron chi connectivity index (χ4n) is 3.07. The third-order valence-electron chi connectivity index (χ3n) is 4.54. The van der Waals surface area contributed by atoms with E-state index in [0.717, 1.165) is 14.6 Å². The lowest BCUT2D eigenvalue weighted by atomic mass is 10.1. The smallest absolute Gasteiger partial charge is 0.363 e. The van der Waals surface area contributed by atoms with Crippen LogP contribution in [0.1, 0.15) is 21.0 Å². The van der Waals surface area contributed by atoms with Crippen LogP contribution in [0.3, 0.4) is 0 Å². The second kappa shape index (κ2) is 8.38. The zero-order valence-corrected chi connectivity index (χ0v) is 19.2. The van der Waals surface area contributed by atoms with Crippen LogP contribution < -0.4 is 4.74 Å². The summed E-state index contributed by atoms with van der Waals surface area (Å²) in [5.41, 5.74) is 0.543. The number of cyclic esters (lactones) is 1. The Kier molecular flexibility index (Phi) is 5.42. The predicted molar refractivity (Wildman–Crippen MR) is 125 cm³/mol. The van der Waals surface area contributed by atoms with E-state index in [0.29, 0.717) is 21.2 Å². The second-order valence-electron chi connectivity index (χ2n) is 6.63. The summed E-state index contributed by atoms with van der Waals surface area (Å²) in [7, 11) is 0. The van der Waals surface area contributed by atoms with Gasteiger partial charge in [-0.15, -0.1) is 11.3 Å². The fourth-order valence-corrected chi connectivity index (χ4v) is 5.01. The molecule has 3 heterocycles. The Bertz CT molecular complexity index is 1440. The van der Waals surface area contributed by atoms with Gasteiger partial charge >= 0.3 is 11.9 Å². The molecule has 0 unspecified atom stereocenters. The SMILES string of the molecule is O=C1OC(c2ccco2)=N/C1=C/c1ccccc1OC(=O)c1sc2cc(Br)ccc2c1Cl. The van der Waals surface area contributed by atoms with E-state index in [1.165, 1.54) is 23.7 Å². The van der Waals surface area contributed by atoms with Crippen molar-refractivity contribution in [1.29, 1.82) is 0 Å². The van der Waals surface area contributed by atoms with Crippen LogP contribution in [0.2, 0.25) is 5.02 Å². The van der Waals surface area contributed by atoms with Crippen molar-refractivity contribution < 1.29 is 23.5 Å². The topological polar surface area (TPSA) is 78.1 Å². The maximum absolute atomic E-state index is 12.9. The summed E-state index contributed by atoms with van der Waals surface area (Å²) in [5.74, 6) is -0.548. The maximum atomic E-state index is 12.9. The first-order chi connectivity index (χ1) is 15.5. The van der Waals surface area contributed by atoms with Gasteiger partial charge in [0.2, 0.25) is 0 Å². The molecule has 0 amide bonds. The van der Waals surface area contributed by atoms with E-state index in [1.54, 1.807) is 36.4 Å². The molecule has 0 radical (unpaired) electrons.